The van der Waals surface area contributed by atoms with Crippen LogP contribution in [0.4, 0.5) is 11.4 Å². The Morgan fingerprint density at radius 2 is 1.97 bits per heavy atom. The first-order chi connectivity index (χ1) is 13.9. The number of rotatable bonds is 4. The first-order valence-electron chi connectivity index (χ1n) is 9.91. The number of likely N-dealkylation sites (N-methyl/N-ethyl adjacent to an activating group) is 1. The van der Waals surface area contributed by atoms with Crippen LogP contribution in [0.25, 0.3) is 10.9 Å². The van der Waals surface area contributed by atoms with E-state index in [9.17, 15) is 9.59 Å². The van der Waals surface area contributed by atoms with Gasteiger partial charge in [-0.1, -0.05) is 13.0 Å². The molecule has 1 aliphatic heterocycles. The minimum Gasteiger partial charge on any atom is -0.481 e. The molecule has 150 valence electrons. The number of carbonyl (C=O) groups excluding carboxylic acids is 2. The van der Waals surface area contributed by atoms with Crippen molar-refractivity contribution >= 4 is 34.1 Å². The number of benzene rings is 2. The maximum atomic E-state index is 13.2. The summed E-state index contributed by atoms with van der Waals surface area (Å²) in [6.45, 7) is 6.88. The van der Waals surface area contributed by atoms with Gasteiger partial charge in [0.15, 0.2) is 6.61 Å². The molecule has 0 atom stereocenters. The van der Waals surface area contributed by atoms with Crippen molar-refractivity contribution < 1.29 is 14.3 Å². The Bertz CT molecular complexity index is 1130. The topological polar surface area (TPSA) is 63.6 Å². The van der Waals surface area contributed by atoms with Gasteiger partial charge >= 0.3 is 0 Å². The number of carbonyl (C=O) groups is 2. The largest absolute Gasteiger partial charge is 0.481 e. The number of aromatic nitrogens is 1. The minimum absolute atomic E-state index is 0.00381. The fourth-order valence-electron chi connectivity index (χ4n) is 3.96. The predicted molar refractivity (Wildman–Crippen MR) is 115 cm³/mol. The Hall–Kier alpha value is -3.28. The van der Waals surface area contributed by atoms with Crippen molar-refractivity contribution in [2.45, 2.75) is 33.7 Å². The zero-order chi connectivity index (χ0) is 20.7. The van der Waals surface area contributed by atoms with Crippen LogP contribution in [0.3, 0.4) is 0 Å². The molecule has 2 aromatic carbocycles. The van der Waals surface area contributed by atoms with Crippen molar-refractivity contribution in [3.63, 3.8) is 0 Å². The number of amides is 2. The molecule has 0 saturated carbocycles. The molecule has 3 aromatic rings. The van der Waals surface area contributed by atoms with Gasteiger partial charge in [0.25, 0.3) is 11.8 Å². The van der Waals surface area contributed by atoms with Crippen molar-refractivity contribution in [1.29, 1.82) is 0 Å². The van der Waals surface area contributed by atoms with Crippen molar-refractivity contribution in [2.24, 2.45) is 0 Å². The van der Waals surface area contributed by atoms with Crippen molar-refractivity contribution in [3.8, 4) is 5.75 Å². The molecule has 6 heteroatoms. The Labute approximate surface area is 170 Å². The molecular weight excluding hydrogens is 366 g/mol. The summed E-state index contributed by atoms with van der Waals surface area (Å²) in [7, 11) is 1.72. The Kier molecular flexibility index (Phi) is 4.78. The van der Waals surface area contributed by atoms with Gasteiger partial charge in [0.05, 0.1) is 5.69 Å². The number of aryl methyl sites for hydroxylation is 3. The van der Waals surface area contributed by atoms with Crippen LogP contribution >= 0.6 is 0 Å². The lowest BCUT2D eigenvalue weighted by atomic mass is 10.1. The smallest absolute Gasteiger partial charge is 0.272 e. The minimum atomic E-state index is -0.154. The zero-order valence-electron chi connectivity index (χ0n) is 17.2. The molecule has 4 rings (SSSR count). The summed E-state index contributed by atoms with van der Waals surface area (Å²) in [6, 6.07) is 11.7. The predicted octanol–water partition coefficient (Wildman–Crippen LogP) is 4.14. The molecule has 1 aromatic heterocycles. The summed E-state index contributed by atoms with van der Waals surface area (Å²) in [5.41, 5.74) is 5.31. The number of hydrogen-bond acceptors (Lipinski definition) is 3. The number of hydrogen-bond donors (Lipinski definition) is 1. The van der Waals surface area contributed by atoms with Gasteiger partial charge in [-0.2, -0.15) is 0 Å². The third kappa shape index (κ3) is 3.14. The van der Waals surface area contributed by atoms with Crippen molar-refractivity contribution in [3.05, 3.63) is 53.2 Å². The van der Waals surface area contributed by atoms with Crippen LogP contribution in [0.1, 0.15) is 35.5 Å². The average molecular weight is 391 g/mol. The maximum Gasteiger partial charge on any atom is 0.272 e. The second kappa shape index (κ2) is 7.28. The zero-order valence-corrected chi connectivity index (χ0v) is 17.2. The summed E-state index contributed by atoms with van der Waals surface area (Å²) in [5, 5.41) is 4.11. The molecule has 0 unspecified atom stereocenters. The van der Waals surface area contributed by atoms with E-state index >= 15 is 0 Å². The van der Waals surface area contributed by atoms with Crippen LogP contribution < -0.4 is 15.0 Å². The van der Waals surface area contributed by atoms with E-state index in [0.29, 0.717) is 29.4 Å². The van der Waals surface area contributed by atoms with Gasteiger partial charge in [-0.3, -0.25) is 9.59 Å². The second-order valence-electron chi connectivity index (χ2n) is 7.30. The van der Waals surface area contributed by atoms with Gasteiger partial charge < -0.3 is 19.5 Å². The number of fused-ring (bicyclic) bond motifs is 2. The van der Waals surface area contributed by atoms with Gasteiger partial charge in [-0.15, -0.1) is 0 Å². The molecule has 1 aliphatic rings. The third-order valence-electron chi connectivity index (χ3n) is 5.62. The summed E-state index contributed by atoms with van der Waals surface area (Å²) in [6.07, 6.45) is 0.959. The SMILES string of the molecule is CCc1ccc2c(c1)c(C)c(C(=O)Nc1ccc3c(c1)OCC(=O)N3C)n2CC. The molecule has 6 nitrogen and oxygen atoms in total. The number of nitrogens with zero attached hydrogens (tertiary/aromatic N) is 2. The molecule has 2 heterocycles. The van der Waals surface area contributed by atoms with Gasteiger partial charge in [-0.05, 0) is 55.7 Å². The first-order valence-corrected chi connectivity index (χ1v) is 9.91. The van der Waals surface area contributed by atoms with E-state index in [1.807, 2.05) is 13.8 Å². The van der Waals surface area contributed by atoms with E-state index in [0.717, 1.165) is 22.9 Å². The van der Waals surface area contributed by atoms with Crippen LogP contribution in [-0.4, -0.2) is 30.0 Å². The molecule has 1 N–H and O–H groups in total. The maximum absolute atomic E-state index is 13.2. The Morgan fingerprint density at radius 1 is 1.17 bits per heavy atom. The standard InChI is InChI=1S/C23H25N3O3/c1-5-15-7-9-18-17(11-15)14(3)22(26(18)6-2)23(28)24-16-8-10-19-20(12-16)29-13-21(27)25(19)4/h7-12H,5-6,13H2,1-4H3,(H,24,28). The van der Waals surface area contributed by atoms with Crippen molar-refractivity contribution in [1.82, 2.24) is 4.57 Å². The Morgan fingerprint density at radius 3 is 2.69 bits per heavy atom. The van der Waals surface area contributed by atoms with Gasteiger partial charge in [0.2, 0.25) is 0 Å². The Balaban J connectivity index is 1.69. The second-order valence-corrected chi connectivity index (χ2v) is 7.30. The summed E-state index contributed by atoms with van der Waals surface area (Å²) in [4.78, 5) is 26.5. The van der Waals surface area contributed by atoms with E-state index in [1.54, 1.807) is 30.1 Å². The highest BCUT2D eigenvalue weighted by Crippen LogP contribution is 2.34. The van der Waals surface area contributed by atoms with Gasteiger partial charge in [0, 0.05) is 36.2 Å². The monoisotopic (exact) mass is 391 g/mol. The molecule has 0 bridgehead atoms. The van der Waals surface area contributed by atoms with Crippen molar-refractivity contribution in [2.75, 3.05) is 23.9 Å². The van der Waals surface area contributed by atoms with Crippen LogP contribution in [0.15, 0.2) is 36.4 Å². The molecule has 0 saturated heterocycles. The molecule has 0 fully saturated rings. The molecule has 0 aliphatic carbocycles. The van der Waals surface area contributed by atoms with E-state index in [4.69, 9.17) is 4.74 Å². The van der Waals surface area contributed by atoms with Crippen LogP contribution in [-0.2, 0) is 17.8 Å². The fraction of sp³-hybridized carbons (Fsp3) is 0.304. The quantitative estimate of drug-likeness (QED) is 0.727. The number of ether oxygens (including phenoxy) is 1. The summed E-state index contributed by atoms with van der Waals surface area (Å²) in [5.74, 6) is 0.341. The number of nitrogens with one attached hydrogen (secondary N) is 1. The first kappa shape index (κ1) is 19.1. The van der Waals surface area contributed by atoms with E-state index in [2.05, 4.69) is 35.0 Å². The lowest BCUT2D eigenvalue weighted by Crippen LogP contribution is -2.35. The van der Waals surface area contributed by atoms with E-state index in [-0.39, 0.29) is 18.4 Å². The van der Waals surface area contributed by atoms with Gasteiger partial charge in [0.1, 0.15) is 11.4 Å². The highest BCUT2D eigenvalue weighted by atomic mass is 16.5. The lowest BCUT2D eigenvalue weighted by Gasteiger charge is -2.26. The third-order valence-corrected chi connectivity index (χ3v) is 5.62. The van der Waals surface area contributed by atoms with Crippen LogP contribution in [0.5, 0.6) is 5.75 Å². The van der Waals surface area contributed by atoms with Gasteiger partial charge in [-0.25, -0.2) is 0 Å². The van der Waals surface area contributed by atoms with Crippen LogP contribution in [0.2, 0.25) is 0 Å². The van der Waals surface area contributed by atoms with E-state index < -0.39 is 0 Å². The fourth-order valence-corrected chi connectivity index (χ4v) is 3.96. The molecule has 0 radical (unpaired) electrons. The molecule has 0 spiro atoms. The average Bonchev–Trinajstić information content (AvgIpc) is 3.02. The summed E-state index contributed by atoms with van der Waals surface area (Å²) >= 11 is 0. The number of anilines is 2. The normalized spacial score (nSPS) is 13.4. The van der Waals surface area contributed by atoms with Crippen LogP contribution in [0, 0.1) is 6.92 Å². The highest BCUT2D eigenvalue weighted by molar-refractivity contribution is 6.09. The highest BCUT2D eigenvalue weighted by Gasteiger charge is 2.24. The lowest BCUT2D eigenvalue weighted by molar-refractivity contribution is -0.120. The van der Waals surface area contributed by atoms with E-state index in [1.165, 1.54) is 5.56 Å². The molecule has 2 amide bonds. The molecular formula is C23H25N3O3. The summed E-state index contributed by atoms with van der Waals surface area (Å²) < 4.78 is 7.58. The molecule has 29 heavy (non-hydrogen) atoms.